The van der Waals surface area contributed by atoms with Crippen molar-refractivity contribution in [2.24, 2.45) is 0 Å². The van der Waals surface area contributed by atoms with Gasteiger partial charge in [-0.25, -0.2) is 9.97 Å². The van der Waals surface area contributed by atoms with Gasteiger partial charge in [0.05, 0.1) is 5.52 Å². The van der Waals surface area contributed by atoms with Gasteiger partial charge < -0.3 is 0 Å². The number of rotatable bonds is 0. The first-order valence-electron chi connectivity index (χ1n) is 4.54. The molecule has 2 aromatic heterocycles. The summed E-state index contributed by atoms with van der Waals surface area (Å²) in [5.74, 6) is 0. The lowest BCUT2D eigenvalue weighted by Gasteiger charge is -1.99. The number of benzene rings is 1. The van der Waals surface area contributed by atoms with Crippen LogP contribution < -0.4 is 0 Å². The van der Waals surface area contributed by atoms with Crippen molar-refractivity contribution < 1.29 is 0 Å². The molecule has 0 aliphatic carbocycles. The molecule has 0 N–H and O–H groups in total. The zero-order valence-corrected chi connectivity index (χ0v) is 7.81. The molecule has 0 saturated heterocycles. The van der Waals surface area contributed by atoms with E-state index in [2.05, 4.69) is 9.97 Å². The fourth-order valence-corrected chi connectivity index (χ4v) is 1.69. The van der Waals surface area contributed by atoms with Crippen LogP contribution in [0.2, 0.25) is 0 Å². The van der Waals surface area contributed by atoms with Crippen molar-refractivity contribution >= 4 is 16.6 Å². The molecule has 0 radical (unpaired) electrons. The summed E-state index contributed by atoms with van der Waals surface area (Å²) in [6.45, 7) is 2.02. The Balaban J connectivity index is 2.61. The van der Waals surface area contributed by atoms with Crippen LogP contribution in [-0.4, -0.2) is 14.4 Å². The van der Waals surface area contributed by atoms with Crippen molar-refractivity contribution in [1.82, 2.24) is 14.4 Å². The number of nitrogens with zero attached hydrogens (tertiary/aromatic N) is 3. The minimum absolute atomic E-state index is 0.980. The Kier molecular flexibility index (Phi) is 1.36. The van der Waals surface area contributed by atoms with E-state index in [9.17, 15) is 0 Å². The van der Waals surface area contributed by atoms with Gasteiger partial charge in [-0.3, -0.25) is 4.40 Å². The fourth-order valence-electron chi connectivity index (χ4n) is 1.69. The summed E-state index contributed by atoms with van der Waals surface area (Å²) in [4.78, 5) is 8.73. The van der Waals surface area contributed by atoms with E-state index in [1.165, 1.54) is 0 Å². The molecule has 3 aromatic rings. The molecule has 14 heavy (non-hydrogen) atoms. The second-order valence-corrected chi connectivity index (χ2v) is 3.35. The van der Waals surface area contributed by atoms with Crippen LogP contribution in [0, 0.1) is 6.92 Å². The minimum atomic E-state index is 0.980. The Hall–Kier alpha value is -1.90. The van der Waals surface area contributed by atoms with Crippen molar-refractivity contribution in [2.75, 3.05) is 0 Å². The molecule has 68 valence electrons. The average Bonchev–Trinajstić information content (AvgIpc) is 2.61. The van der Waals surface area contributed by atoms with Crippen LogP contribution in [0.25, 0.3) is 16.6 Å². The van der Waals surface area contributed by atoms with Gasteiger partial charge in [-0.2, -0.15) is 0 Å². The highest BCUT2D eigenvalue weighted by Gasteiger charge is 2.03. The molecular formula is C11H9N3. The maximum Gasteiger partial charge on any atom is 0.147 e. The fraction of sp³-hybridized carbons (Fsp3) is 0.0909. The van der Waals surface area contributed by atoms with Crippen LogP contribution in [-0.2, 0) is 0 Å². The van der Waals surface area contributed by atoms with Crippen LogP contribution in [0.3, 0.4) is 0 Å². The predicted octanol–water partition coefficient (Wildman–Crippen LogP) is 2.19. The summed E-state index contributed by atoms with van der Waals surface area (Å²) in [5.41, 5.74) is 3.08. The van der Waals surface area contributed by atoms with Crippen LogP contribution in [0.4, 0.5) is 0 Å². The zero-order valence-electron chi connectivity index (χ0n) is 7.81. The minimum Gasteiger partial charge on any atom is -0.287 e. The van der Waals surface area contributed by atoms with E-state index in [1.807, 2.05) is 48.1 Å². The summed E-state index contributed by atoms with van der Waals surface area (Å²) in [7, 11) is 0. The molecule has 3 rings (SSSR count). The molecule has 0 fully saturated rings. The van der Waals surface area contributed by atoms with Gasteiger partial charge in [-0.1, -0.05) is 12.1 Å². The molecule has 3 heteroatoms. The molecule has 3 nitrogen and oxygen atoms in total. The van der Waals surface area contributed by atoms with E-state index in [4.69, 9.17) is 0 Å². The number of aromatic nitrogens is 3. The Bertz CT molecular complexity index is 610. The topological polar surface area (TPSA) is 30.2 Å². The Labute approximate surface area is 81.0 Å². The van der Waals surface area contributed by atoms with E-state index >= 15 is 0 Å². The monoisotopic (exact) mass is 183 g/mol. The first-order chi connectivity index (χ1) is 6.86. The van der Waals surface area contributed by atoms with Gasteiger partial charge in [0.15, 0.2) is 0 Å². The molecule has 1 aromatic carbocycles. The standard InChI is InChI=1S/C11H9N3/c1-8-6-12-11-9-4-2-3-5-10(9)13-7-14(8)11/h2-7H,1H3. The predicted molar refractivity (Wildman–Crippen MR) is 55.2 cm³/mol. The molecular weight excluding hydrogens is 174 g/mol. The summed E-state index contributed by atoms with van der Waals surface area (Å²) < 4.78 is 2.00. The third-order valence-corrected chi connectivity index (χ3v) is 2.44. The average molecular weight is 183 g/mol. The van der Waals surface area contributed by atoms with Crippen molar-refractivity contribution in [3.63, 3.8) is 0 Å². The zero-order chi connectivity index (χ0) is 9.54. The Morgan fingerprint density at radius 3 is 2.93 bits per heavy atom. The summed E-state index contributed by atoms with van der Waals surface area (Å²) in [6, 6.07) is 8.04. The normalized spacial score (nSPS) is 11.2. The molecule has 0 bridgehead atoms. The second-order valence-electron chi connectivity index (χ2n) is 3.35. The Morgan fingerprint density at radius 2 is 2.00 bits per heavy atom. The molecule has 2 heterocycles. The number of aryl methyl sites for hydroxylation is 1. The van der Waals surface area contributed by atoms with Crippen molar-refractivity contribution in [3.05, 3.63) is 42.5 Å². The van der Waals surface area contributed by atoms with Gasteiger partial charge in [0.2, 0.25) is 0 Å². The SMILES string of the molecule is Cc1cnc2c3ccccc3ncn12. The molecule has 0 spiro atoms. The summed E-state index contributed by atoms with van der Waals surface area (Å²) in [5, 5.41) is 1.10. The molecule has 0 amide bonds. The molecule has 0 aliphatic rings. The van der Waals surface area contributed by atoms with Crippen molar-refractivity contribution in [1.29, 1.82) is 0 Å². The van der Waals surface area contributed by atoms with Gasteiger partial charge in [0.1, 0.15) is 12.0 Å². The van der Waals surface area contributed by atoms with E-state index in [0.717, 1.165) is 22.2 Å². The highest BCUT2D eigenvalue weighted by atomic mass is 15.0. The van der Waals surface area contributed by atoms with Gasteiger partial charge in [-0.15, -0.1) is 0 Å². The van der Waals surface area contributed by atoms with E-state index < -0.39 is 0 Å². The third kappa shape index (κ3) is 0.865. The van der Waals surface area contributed by atoms with Crippen LogP contribution in [0.15, 0.2) is 36.8 Å². The maximum absolute atomic E-state index is 4.37. The van der Waals surface area contributed by atoms with Crippen molar-refractivity contribution in [2.45, 2.75) is 6.92 Å². The second kappa shape index (κ2) is 2.54. The lowest BCUT2D eigenvalue weighted by molar-refractivity contribution is 1.06. The quantitative estimate of drug-likeness (QED) is 0.534. The van der Waals surface area contributed by atoms with Gasteiger partial charge in [-0.05, 0) is 19.1 Å². The Morgan fingerprint density at radius 1 is 1.14 bits per heavy atom. The lowest BCUT2D eigenvalue weighted by Crippen LogP contribution is -1.90. The summed E-state index contributed by atoms with van der Waals surface area (Å²) >= 11 is 0. The van der Waals surface area contributed by atoms with E-state index in [1.54, 1.807) is 0 Å². The molecule has 0 atom stereocenters. The van der Waals surface area contributed by atoms with Gasteiger partial charge in [0.25, 0.3) is 0 Å². The smallest absolute Gasteiger partial charge is 0.147 e. The molecule has 0 unspecified atom stereocenters. The highest BCUT2D eigenvalue weighted by molar-refractivity contribution is 5.90. The molecule has 0 saturated carbocycles. The van der Waals surface area contributed by atoms with Crippen molar-refractivity contribution in [3.8, 4) is 0 Å². The number of fused-ring (bicyclic) bond motifs is 3. The first-order valence-corrected chi connectivity index (χ1v) is 4.54. The number of hydrogen-bond acceptors (Lipinski definition) is 2. The largest absolute Gasteiger partial charge is 0.287 e. The van der Waals surface area contributed by atoms with Crippen LogP contribution in [0.5, 0.6) is 0 Å². The number of hydrogen-bond donors (Lipinski definition) is 0. The van der Waals surface area contributed by atoms with E-state index in [0.29, 0.717) is 0 Å². The van der Waals surface area contributed by atoms with Crippen LogP contribution >= 0.6 is 0 Å². The maximum atomic E-state index is 4.37. The third-order valence-electron chi connectivity index (χ3n) is 2.44. The summed E-state index contributed by atoms with van der Waals surface area (Å²) in [6.07, 6.45) is 3.68. The lowest BCUT2D eigenvalue weighted by atomic mass is 10.2. The number of imidazole rings is 1. The first kappa shape index (κ1) is 7.50. The van der Waals surface area contributed by atoms with Gasteiger partial charge >= 0.3 is 0 Å². The number of para-hydroxylation sites is 1. The van der Waals surface area contributed by atoms with Crippen LogP contribution in [0.1, 0.15) is 5.69 Å². The molecule has 0 aliphatic heterocycles. The highest BCUT2D eigenvalue weighted by Crippen LogP contribution is 2.16. The van der Waals surface area contributed by atoms with E-state index in [-0.39, 0.29) is 0 Å². The van der Waals surface area contributed by atoms with Gasteiger partial charge in [0, 0.05) is 17.3 Å².